The van der Waals surface area contributed by atoms with E-state index < -0.39 is 17.0 Å². The zero-order valence-corrected chi connectivity index (χ0v) is 13.4. The van der Waals surface area contributed by atoms with E-state index in [-0.39, 0.29) is 16.6 Å². The third-order valence-corrected chi connectivity index (χ3v) is 4.22. The van der Waals surface area contributed by atoms with E-state index in [1.54, 1.807) is 12.1 Å². The molecule has 1 unspecified atom stereocenters. The van der Waals surface area contributed by atoms with Gasteiger partial charge in [0, 0.05) is 5.57 Å². The molecule has 2 N–H and O–H groups in total. The van der Waals surface area contributed by atoms with Crippen LogP contribution in [0, 0.1) is 11.8 Å². The third kappa shape index (κ3) is 4.18. The van der Waals surface area contributed by atoms with Crippen LogP contribution in [0.25, 0.3) is 5.57 Å². The van der Waals surface area contributed by atoms with E-state index in [0.29, 0.717) is 23.7 Å². The minimum atomic E-state index is -2.05. The fourth-order valence-corrected chi connectivity index (χ4v) is 2.59. The predicted octanol–water partition coefficient (Wildman–Crippen LogP) is 3.15. The lowest BCUT2D eigenvalue weighted by molar-refractivity contribution is -0.136. The van der Waals surface area contributed by atoms with E-state index in [1.807, 2.05) is 13.8 Å². The Bertz CT molecular complexity index is 599. The van der Waals surface area contributed by atoms with Gasteiger partial charge < -0.3 is 14.4 Å². The van der Waals surface area contributed by atoms with Crippen LogP contribution in [0.5, 0.6) is 0 Å². The summed E-state index contributed by atoms with van der Waals surface area (Å²) >= 11 is -2.05. The van der Waals surface area contributed by atoms with Crippen molar-refractivity contribution in [3.8, 4) is 0 Å². The highest BCUT2D eigenvalue weighted by atomic mass is 32.2. The maximum absolute atomic E-state index is 11.6. The normalized spacial score (nSPS) is 17.1. The Morgan fingerprint density at radius 1 is 1.32 bits per heavy atom. The average Bonchev–Trinajstić information content (AvgIpc) is 3.26. The Labute approximate surface area is 132 Å². The Balaban J connectivity index is 2.37. The molecule has 0 radical (unpaired) electrons. The lowest BCUT2D eigenvalue weighted by Crippen LogP contribution is -2.12. The minimum Gasteiger partial charge on any atom is -0.486 e. The Kier molecular flexibility index (Phi) is 5.37. The van der Waals surface area contributed by atoms with Crippen molar-refractivity contribution in [2.75, 3.05) is 6.61 Å². The van der Waals surface area contributed by atoms with Gasteiger partial charge in [-0.15, -0.1) is 0 Å². The number of carboxylic acid groups (broad SMARTS) is 1. The quantitative estimate of drug-likeness (QED) is 0.457. The molecule has 0 bridgehead atoms. The molecule has 1 atom stereocenters. The number of rotatable bonds is 7. The van der Waals surface area contributed by atoms with Gasteiger partial charge in [0.1, 0.15) is 0 Å². The van der Waals surface area contributed by atoms with Gasteiger partial charge in [0.25, 0.3) is 0 Å². The number of benzene rings is 1. The van der Waals surface area contributed by atoms with Crippen molar-refractivity contribution >= 4 is 22.6 Å². The molecule has 0 spiro atoms. The summed E-state index contributed by atoms with van der Waals surface area (Å²) in [5.74, 6) is -0.698. The summed E-state index contributed by atoms with van der Waals surface area (Å²) in [5, 5.41) is 9.46. The van der Waals surface area contributed by atoms with E-state index in [0.717, 1.165) is 12.8 Å². The van der Waals surface area contributed by atoms with Crippen LogP contribution >= 0.6 is 0 Å². The van der Waals surface area contributed by atoms with Gasteiger partial charge in [-0.3, -0.25) is 0 Å². The number of ether oxygens (including phenoxy) is 1. The minimum absolute atomic E-state index is 0.0280. The summed E-state index contributed by atoms with van der Waals surface area (Å²) in [7, 11) is 0. The molecule has 0 amide bonds. The van der Waals surface area contributed by atoms with Gasteiger partial charge in [-0.05, 0) is 42.4 Å². The Morgan fingerprint density at radius 3 is 2.32 bits per heavy atom. The van der Waals surface area contributed by atoms with Crippen LogP contribution < -0.4 is 0 Å². The van der Waals surface area contributed by atoms with E-state index >= 15 is 0 Å². The molecule has 1 saturated carbocycles. The van der Waals surface area contributed by atoms with Crippen LogP contribution in [0.2, 0.25) is 0 Å². The molecule has 0 aliphatic heterocycles. The molecule has 2 rings (SSSR count). The predicted molar refractivity (Wildman–Crippen MR) is 83.5 cm³/mol. The van der Waals surface area contributed by atoms with Crippen LogP contribution in [0.4, 0.5) is 0 Å². The first-order chi connectivity index (χ1) is 10.4. The summed E-state index contributed by atoms with van der Waals surface area (Å²) in [5.41, 5.74) is 1.29. The molecular weight excluding hydrogens is 304 g/mol. The first-order valence-corrected chi connectivity index (χ1v) is 8.32. The number of allylic oxidation sites excluding steroid dienone is 1. The molecule has 22 heavy (non-hydrogen) atoms. The Hall–Kier alpha value is -1.66. The largest absolute Gasteiger partial charge is 0.486 e. The highest BCUT2D eigenvalue weighted by molar-refractivity contribution is 7.79. The number of carbonyl (C=O) groups is 1. The van der Waals surface area contributed by atoms with Crippen molar-refractivity contribution in [3.63, 3.8) is 0 Å². The van der Waals surface area contributed by atoms with Crippen LogP contribution in [-0.4, -0.2) is 26.4 Å². The molecule has 1 aromatic carbocycles. The van der Waals surface area contributed by atoms with Gasteiger partial charge in [-0.1, -0.05) is 26.0 Å². The fourth-order valence-electron chi connectivity index (χ4n) is 2.22. The monoisotopic (exact) mass is 324 g/mol. The lowest BCUT2D eigenvalue weighted by atomic mass is 9.94. The molecule has 120 valence electrons. The number of aliphatic carboxylic acids is 1. The van der Waals surface area contributed by atoms with Gasteiger partial charge in [0.15, 0.2) is 11.1 Å². The second-order valence-corrected chi connectivity index (χ2v) is 6.70. The lowest BCUT2D eigenvalue weighted by Gasteiger charge is -2.17. The maximum atomic E-state index is 11.6. The molecule has 0 aromatic heterocycles. The van der Waals surface area contributed by atoms with Crippen molar-refractivity contribution in [3.05, 3.63) is 35.6 Å². The van der Waals surface area contributed by atoms with Crippen LogP contribution in [0.3, 0.4) is 0 Å². The summed E-state index contributed by atoms with van der Waals surface area (Å²) in [6, 6.07) is 6.35. The van der Waals surface area contributed by atoms with Gasteiger partial charge in [-0.25, -0.2) is 9.00 Å². The first-order valence-electron chi connectivity index (χ1n) is 7.21. The average molecular weight is 324 g/mol. The SMILES string of the molecule is CC(C)/C(=C(/OCC1CC1)C(=O)O)c1ccc(S(=O)O)cc1. The van der Waals surface area contributed by atoms with Crippen molar-refractivity contribution in [1.29, 1.82) is 0 Å². The number of hydrogen-bond donors (Lipinski definition) is 2. The zero-order chi connectivity index (χ0) is 16.3. The number of carboxylic acids is 1. The van der Waals surface area contributed by atoms with Crippen molar-refractivity contribution in [1.82, 2.24) is 0 Å². The Morgan fingerprint density at radius 2 is 1.91 bits per heavy atom. The van der Waals surface area contributed by atoms with Crippen molar-refractivity contribution in [2.45, 2.75) is 31.6 Å². The number of hydrogen-bond acceptors (Lipinski definition) is 3. The summed E-state index contributed by atoms with van der Waals surface area (Å²) in [4.78, 5) is 11.8. The topological polar surface area (TPSA) is 83.8 Å². The summed E-state index contributed by atoms with van der Waals surface area (Å²) in [6.07, 6.45) is 2.17. The molecule has 1 aliphatic carbocycles. The van der Waals surface area contributed by atoms with Gasteiger partial charge >= 0.3 is 5.97 Å². The molecular formula is C16H20O5S. The van der Waals surface area contributed by atoms with Crippen LogP contribution in [0.1, 0.15) is 32.3 Å². The van der Waals surface area contributed by atoms with E-state index in [4.69, 9.17) is 9.29 Å². The highest BCUT2D eigenvalue weighted by Gasteiger charge is 2.26. The highest BCUT2D eigenvalue weighted by Crippen LogP contribution is 2.32. The fraction of sp³-hybridized carbons (Fsp3) is 0.438. The van der Waals surface area contributed by atoms with Gasteiger partial charge in [0.05, 0.1) is 11.5 Å². The van der Waals surface area contributed by atoms with Crippen LogP contribution in [0.15, 0.2) is 34.9 Å². The second-order valence-electron chi connectivity index (χ2n) is 5.73. The molecule has 0 saturated heterocycles. The van der Waals surface area contributed by atoms with Crippen molar-refractivity contribution < 1.29 is 23.4 Å². The molecule has 5 nitrogen and oxygen atoms in total. The second kappa shape index (κ2) is 7.07. The molecule has 0 heterocycles. The van der Waals surface area contributed by atoms with E-state index in [2.05, 4.69) is 0 Å². The summed E-state index contributed by atoms with van der Waals surface area (Å²) in [6.45, 7) is 4.23. The molecule has 1 fully saturated rings. The van der Waals surface area contributed by atoms with E-state index in [1.165, 1.54) is 12.1 Å². The molecule has 1 aliphatic rings. The van der Waals surface area contributed by atoms with Crippen LogP contribution in [-0.2, 0) is 20.6 Å². The maximum Gasteiger partial charge on any atom is 0.371 e. The standard InChI is InChI=1S/C16H20O5S/c1-10(2)14(12-5-7-13(8-6-12)22(19)20)15(16(17)18)21-9-11-3-4-11/h5-8,10-11H,3-4,9H2,1-2H3,(H,17,18)(H,19,20)/b15-14-. The van der Waals surface area contributed by atoms with E-state index in [9.17, 15) is 14.1 Å². The zero-order valence-electron chi connectivity index (χ0n) is 12.6. The van der Waals surface area contributed by atoms with Gasteiger partial charge in [0.2, 0.25) is 5.76 Å². The first kappa shape index (κ1) is 16.7. The van der Waals surface area contributed by atoms with Gasteiger partial charge in [-0.2, -0.15) is 0 Å². The third-order valence-electron chi connectivity index (χ3n) is 3.54. The molecule has 6 heteroatoms. The summed E-state index contributed by atoms with van der Waals surface area (Å²) < 4.78 is 25.6. The van der Waals surface area contributed by atoms with Crippen molar-refractivity contribution in [2.24, 2.45) is 11.8 Å². The molecule has 1 aromatic rings. The smallest absolute Gasteiger partial charge is 0.371 e.